The third kappa shape index (κ3) is 2.65. The summed E-state index contributed by atoms with van der Waals surface area (Å²) in [6.07, 6.45) is 0.993. The van der Waals surface area contributed by atoms with Crippen molar-refractivity contribution in [1.29, 1.82) is 0 Å². The van der Waals surface area contributed by atoms with Crippen LogP contribution in [0.5, 0.6) is 0 Å². The Hall–Kier alpha value is -2.57. The second kappa shape index (κ2) is 4.97. The van der Waals surface area contributed by atoms with Crippen LogP contribution in [0, 0.1) is 21.7 Å². The van der Waals surface area contributed by atoms with E-state index in [0.717, 1.165) is 29.0 Å². The van der Waals surface area contributed by atoms with E-state index in [1.807, 2.05) is 0 Å². The van der Waals surface area contributed by atoms with Crippen molar-refractivity contribution in [2.24, 2.45) is 0 Å². The molecule has 0 unspecified atom stereocenters. The zero-order valence-corrected chi connectivity index (χ0v) is 9.55. The zero-order chi connectivity index (χ0) is 14.0. The van der Waals surface area contributed by atoms with E-state index in [1.165, 1.54) is 12.1 Å². The van der Waals surface area contributed by atoms with Gasteiger partial charge in [-0.15, -0.1) is 0 Å². The van der Waals surface area contributed by atoms with Crippen molar-refractivity contribution in [3.8, 4) is 0 Å². The normalized spacial score (nSPS) is 10.4. The van der Waals surface area contributed by atoms with Crippen LogP contribution >= 0.6 is 0 Å². The molecular formula is C12H8F2N2O3. The molecule has 0 atom stereocenters. The molecule has 0 aliphatic rings. The number of hydrogen-bond donors (Lipinski definition) is 0. The topological polar surface area (TPSA) is 65.1 Å². The highest BCUT2D eigenvalue weighted by atomic mass is 19.2. The van der Waals surface area contributed by atoms with Crippen LogP contribution in [0.3, 0.4) is 0 Å². The van der Waals surface area contributed by atoms with Crippen LogP contribution in [0.2, 0.25) is 0 Å². The van der Waals surface area contributed by atoms with Gasteiger partial charge in [0.1, 0.15) is 0 Å². The Kier molecular flexibility index (Phi) is 3.37. The number of nitrogens with zero attached hydrogens (tertiary/aromatic N) is 2. The summed E-state index contributed by atoms with van der Waals surface area (Å²) < 4.78 is 27.4. The maximum atomic E-state index is 13.5. The minimum absolute atomic E-state index is 0.0532. The van der Waals surface area contributed by atoms with E-state index in [1.54, 1.807) is 0 Å². The van der Waals surface area contributed by atoms with Gasteiger partial charge in [0.15, 0.2) is 11.6 Å². The van der Waals surface area contributed by atoms with Crippen molar-refractivity contribution in [1.82, 2.24) is 4.57 Å². The Labute approximate surface area is 105 Å². The predicted octanol–water partition coefficient (Wildman–Crippen LogP) is 2.08. The number of nitro groups is 1. The SMILES string of the molecule is O=c1ccc([N+](=O)[O-])cn1Cc1cccc(F)c1F. The van der Waals surface area contributed by atoms with Crippen LogP contribution in [0.4, 0.5) is 14.5 Å². The van der Waals surface area contributed by atoms with Gasteiger partial charge in [-0.05, 0) is 6.07 Å². The summed E-state index contributed by atoms with van der Waals surface area (Å²) in [5, 5.41) is 10.6. The first-order valence-corrected chi connectivity index (χ1v) is 5.27. The first kappa shape index (κ1) is 12.9. The molecule has 0 fully saturated rings. The molecule has 0 saturated carbocycles. The Morgan fingerprint density at radius 3 is 2.63 bits per heavy atom. The Bertz CT molecular complexity index is 698. The van der Waals surface area contributed by atoms with E-state index in [2.05, 4.69) is 0 Å². The lowest BCUT2D eigenvalue weighted by Gasteiger charge is -2.06. The molecule has 0 spiro atoms. The molecule has 0 amide bonds. The van der Waals surface area contributed by atoms with Crippen molar-refractivity contribution in [3.05, 3.63) is 74.2 Å². The molecule has 98 valence electrons. The fourth-order valence-corrected chi connectivity index (χ4v) is 1.60. The molecule has 5 nitrogen and oxygen atoms in total. The molecule has 2 aromatic rings. The summed E-state index contributed by atoms with van der Waals surface area (Å²) in [5.41, 5.74) is -0.881. The van der Waals surface area contributed by atoms with E-state index in [-0.39, 0.29) is 17.8 Å². The van der Waals surface area contributed by atoms with Gasteiger partial charge in [0.05, 0.1) is 17.7 Å². The predicted molar refractivity (Wildman–Crippen MR) is 62.8 cm³/mol. The molecule has 0 radical (unpaired) electrons. The van der Waals surface area contributed by atoms with E-state index in [4.69, 9.17) is 0 Å². The molecule has 7 heteroatoms. The summed E-state index contributed by atoms with van der Waals surface area (Å²) in [4.78, 5) is 21.4. The molecule has 1 aromatic heterocycles. The molecule has 0 aliphatic carbocycles. The fourth-order valence-electron chi connectivity index (χ4n) is 1.60. The summed E-state index contributed by atoms with van der Waals surface area (Å²) in [7, 11) is 0. The van der Waals surface area contributed by atoms with Gasteiger partial charge in [-0.2, -0.15) is 0 Å². The smallest absolute Gasteiger partial charge is 0.285 e. The highest BCUT2D eigenvalue weighted by Gasteiger charge is 2.11. The van der Waals surface area contributed by atoms with E-state index < -0.39 is 22.1 Å². The zero-order valence-electron chi connectivity index (χ0n) is 9.55. The number of benzene rings is 1. The van der Waals surface area contributed by atoms with Gasteiger partial charge < -0.3 is 4.57 Å². The number of pyridine rings is 1. The molecular weight excluding hydrogens is 258 g/mol. The first-order chi connectivity index (χ1) is 8.99. The maximum absolute atomic E-state index is 13.5. The minimum atomic E-state index is -1.07. The van der Waals surface area contributed by atoms with Crippen LogP contribution in [0.15, 0.2) is 41.3 Å². The molecule has 19 heavy (non-hydrogen) atoms. The summed E-state index contributed by atoms with van der Waals surface area (Å²) in [5.74, 6) is -2.10. The number of rotatable bonds is 3. The average Bonchev–Trinajstić information content (AvgIpc) is 2.37. The minimum Gasteiger partial charge on any atom is -0.304 e. The van der Waals surface area contributed by atoms with Gasteiger partial charge in [-0.25, -0.2) is 8.78 Å². The lowest BCUT2D eigenvalue weighted by Crippen LogP contribution is -2.20. The molecule has 0 N–H and O–H groups in total. The standard InChI is InChI=1S/C12H8F2N2O3/c13-10-3-1-2-8(12(10)14)6-15-7-9(16(18)19)4-5-11(15)17/h1-5,7H,6H2. The van der Waals surface area contributed by atoms with Crippen molar-refractivity contribution < 1.29 is 13.7 Å². The Morgan fingerprint density at radius 2 is 1.95 bits per heavy atom. The highest BCUT2D eigenvalue weighted by Crippen LogP contribution is 2.13. The van der Waals surface area contributed by atoms with Gasteiger partial charge in [0, 0.05) is 17.7 Å². The summed E-state index contributed by atoms with van der Waals surface area (Å²) in [6.45, 7) is -0.274. The van der Waals surface area contributed by atoms with Crippen LogP contribution in [-0.2, 0) is 6.54 Å². The second-order valence-corrected chi connectivity index (χ2v) is 3.82. The molecule has 1 aromatic carbocycles. The molecule has 0 saturated heterocycles. The average molecular weight is 266 g/mol. The second-order valence-electron chi connectivity index (χ2n) is 3.82. The van der Waals surface area contributed by atoms with Gasteiger partial charge in [-0.3, -0.25) is 14.9 Å². The lowest BCUT2D eigenvalue weighted by atomic mass is 10.2. The monoisotopic (exact) mass is 266 g/mol. The number of halogens is 2. The third-order valence-corrected chi connectivity index (χ3v) is 2.55. The molecule has 0 aliphatic heterocycles. The molecule has 1 heterocycles. The Morgan fingerprint density at radius 1 is 1.21 bits per heavy atom. The van der Waals surface area contributed by atoms with Crippen molar-refractivity contribution in [2.45, 2.75) is 6.54 Å². The van der Waals surface area contributed by atoms with E-state index >= 15 is 0 Å². The van der Waals surface area contributed by atoms with Gasteiger partial charge in [0.25, 0.3) is 11.2 Å². The summed E-state index contributed by atoms with van der Waals surface area (Å²) >= 11 is 0. The van der Waals surface area contributed by atoms with Crippen molar-refractivity contribution in [3.63, 3.8) is 0 Å². The van der Waals surface area contributed by atoms with Gasteiger partial charge >= 0.3 is 0 Å². The van der Waals surface area contributed by atoms with Crippen LogP contribution in [0.25, 0.3) is 0 Å². The highest BCUT2D eigenvalue weighted by molar-refractivity contribution is 5.26. The van der Waals surface area contributed by atoms with Crippen molar-refractivity contribution in [2.75, 3.05) is 0 Å². The van der Waals surface area contributed by atoms with Crippen LogP contribution < -0.4 is 5.56 Å². The quantitative estimate of drug-likeness (QED) is 0.631. The summed E-state index contributed by atoms with van der Waals surface area (Å²) in [6, 6.07) is 5.63. The maximum Gasteiger partial charge on any atom is 0.285 e. The van der Waals surface area contributed by atoms with Gasteiger partial charge in [-0.1, -0.05) is 12.1 Å². The van der Waals surface area contributed by atoms with E-state index in [0.29, 0.717) is 0 Å². The number of hydrogen-bond acceptors (Lipinski definition) is 3. The van der Waals surface area contributed by atoms with Crippen molar-refractivity contribution >= 4 is 5.69 Å². The van der Waals surface area contributed by atoms with Crippen LogP contribution in [-0.4, -0.2) is 9.49 Å². The molecule has 0 bridgehead atoms. The lowest BCUT2D eigenvalue weighted by molar-refractivity contribution is -0.385. The third-order valence-electron chi connectivity index (χ3n) is 2.55. The first-order valence-electron chi connectivity index (χ1n) is 5.27. The molecule has 2 rings (SSSR count). The fraction of sp³-hybridized carbons (Fsp3) is 0.0833. The van der Waals surface area contributed by atoms with Gasteiger partial charge in [0.2, 0.25) is 0 Å². The van der Waals surface area contributed by atoms with E-state index in [9.17, 15) is 23.7 Å². The largest absolute Gasteiger partial charge is 0.304 e. The Balaban J connectivity index is 2.43. The number of aromatic nitrogens is 1. The van der Waals surface area contributed by atoms with Crippen LogP contribution in [0.1, 0.15) is 5.56 Å².